The lowest BCUT2D eigenvalue weighted by Gasteiger charge is -2.22. The summed E-state index contributed by atoms with van der Waals surface area (Å²) in [5.41, 5.74) is 0.666. The Kier molecular flexibility index (Phi) is 3.70. The smallest absolute Gasteiger partial charge is 0.352 e. The number of benzene rings is 1. The molecule has 1 aromatic rings. The third-order valence-corrected chi connectivity index (χ3v) is 2.65. The molecule has 0 saturated carbocycles. The average Bonchev–Trinajstić information content (AvgIpc) is 2.39. The normalized spacial score (nSPS) is 18.1. The van der Waals surface area contributed by atoms with E-state index in [9.17, 15) is 9.59 Å². The Hall–Kier alpha value is -2.50. The van der Waals surface area contributed by atoms with Gasteiger partial charge in [0.2, 0.25) is 0 Å². The summed E-state index contributed by atoms with van der Waals surface area (Å²) < 4.78 is 5.32. The summed E-state index contributed by atoms with van der Waals surface area (Å²) in [6.45, 7) is 2.47. The van der Waals surface area contributed by atoms with E-state index in [1.807, 2.05) is 6.92 Å². The zero-order chi connectivity index (χ0) is 13.8. The van der Waals surface area contributed by atoms with E-state index >= 15 is 0 Å². The van der Waals surface area contributed by atoms with Crippen LogP contribution in [0.25, 0.3) is 0 Å². The molecule has 2 rings (SSSR count). The van der Waals surface area contributed by atoms with Gasteiger partial charge in [0.15, 0.2) is 0 Å². The van der Waals surface area contributed by atoms with Gasteiger partial charge in [0, 0.05) is 0 Å². The van der Waals surface area contributed by atoms with Gasteiger partial charge in [-0.15, -0.1) is 0 Å². The van der Waals surface area contributed by atoms with Crippen molar-refractivity contribution in [3.05, 3.63) is 41.6 Å². The molecule has 0 saturated heterocycles. The van der Waals surface area contributed by atoms with Gasteiger partial charge in [-0.1, -0.05) is 12.1 Å². The minimum Gasteiger partial charge on any atom is -0.494 e. The van der Waals surface area contributed by atoms with Gasteiger partial charge in [-0.05, 0) is 30.7 Å². The average molecular weight is 262 g/mol. The Balaban J connectivity index is 2.22. The number of urea groups is 1. The Labute approximate surface area is 110 Å². The number of ether oxygens (including phenoxy) is 1. The third-order valence-electron chi connectivity index (χ3n) is 2.65. The number of carbonyl (C=O) groups excluding carboxylic acids is 1. The summed E-state index contributed by atoms with van der Waals surface area (Å²) in [4.78, 5) is 22.3. The molecular weight excluding hydrogens is 248 g/mol. The highest BCUT2D eigenvalue weighted by Gasteiger charge is 2.23. The van der Waals surface area contributed by atoms with E-state index in [0.29, 0.717) is 6.61 Å². The molecule has 3 N–H and O–H groups in total. The van der Waals surface area contributed by atoms with Crippen LogP contribution in [0.4, 0.5) is 4.79 Å². The van der Waals surface area contributed by atoms with Crippen LogP contribution in [-0.4, -0.2) is 23.7 Å². The van der Waals surface area contributed by atoms with Crippen LogP contribution in [0.5, 0.6) is 5.75 Å². The van der Waals surface area contributed by atoms with Gasteiger partial charge in [0.25, 0.3) is 0 Å². The molecule has 0 aliphatic carbocycles. The Bertz CT molecular complexity index is 522. The van der Waals surface area contributed by atoms with Crippen molar-refractivity contribution in [3.63, 3.8) is 0 Å². The highest BCUT2D eigenvalue weighted by molar-refractivity contribution is 5.93. The van der Waals surface area contributed by atoms with Crippen LogP contribution in [-0.2, 0) is 4.79 Å². The second-order valence-corrected chi connectivity index (χ2v) is 3.96. The fourth-order valence-electron chi connectivity index (χ4n) is 1.79. The fourth-order valence-corrected chi connectivity index (χ4v) is 1.79. The molecule has 0 spiro atoms. The van der Waals surface area contributed by atoms with E-state index in [1.54, 1.807) is 24.3 Å². The minimum atomic E-state index is -1.16. The first-order valence-electron chi connectivity index (χ1n) is 5.85. The van der Waals surface area contributed by atoms with Crippen molar-refractivity contribution in [1.82, 2.24) is 10.6 Å². The number of rotatable bonds is 4. The first-order chi connectivity index (χ1) is 9.10. The number of carboxylic acid groups (broad SMARTS) is 1. The van der Waals surface area contributed by atoms with Gasteiger partial charge >= 0.3 is 12.0 Å². The quantitative estimate of drug-likeness (QED) is 0.765. The molecule has 6 nitrogen and oxygen atoms in total. The van der Waals surface area contributed by atoms with Crippen molar-refractivity contribution in [1.29, 1.82) is 0 Å². The van der Waals surface area contributed by atoms with E-state index in [4.69, 9.17) is 9.84 Å². The number of hydrogen-bond donors (Lipinski definition) is 3. The highest BCUT2D eigenvalue weighted by atomic mass is 16.5. The Morgan fingerprint density at radius 2 is 2.05 bits per heavy atom. The summed E-state index contributed by atoms with van der Waals surface area (Å²) in [7, 11) is 0. The van der Waals surface area contributed by atoms with Crippen molar-refractivity contribution < 1.29 is 19.4 Å². The molecule has 2 amide bonds. The van der Waals surface area contributed by atoms with Crippen LogP contribution in [0.3, 0.4) is 0 Å². The van der Waals surface area contributed by atoms with Gasteiger partial charge < -0.3 is 20.5 Å². The van der Waals surface area contributed by atoms with E-state index in [2.05, 4.69) is 10.6 Å². The monoisotopic (exact) mass is 262 g/mol. The second-order valence-electron chi connectivity index (χ2n) is 3.96. The van der Waals surface area contributed by atoms with Crippen LogP contribution in [0.15, 0.2) is 36.0 Å². The maximum absolute atomic E-state index is 11.4. The minimum absolute atomic E-state index is 0.123. The van der Waals surface area contributed by atoms with Crippen LogP contribution in [0, 0.1) is 0 Å². The fraction of sp³-hybridized carbons (Fsp3) is 0.231. The number of aliphatic carboxylic acids is 1. The lowest BCUT2D eigenvalue weighted by Crippen LogP contribution is -2.43. The van der Waals surface area contributed by atoms with Crippen molar-refractivity contribution >= 4 is 12.0 Å². The molecule has 0 unspecified atom stereocenters. The molecule has 100 valence electrons. The maximum atomic E-state index is 11.4. The first kappa shape index (κ1) is 12.9. The van der Waals surface area contributed by atoms with Gasteiger partial charge in [-0.2, -0.15) is 0 Å². The predicted octanol–water partition coefficient (Wildman–Crippen LogP) is 1.41. The SMILES string of the molecule is CCOc1ccc([C@@H]2C=C(C(=O)O)NC(=O)N2)cc1. The van der Waals surface area contributed by atoms with Crippen LogP contribution in [0.1, 0.15) is 18.5 Å². The summed E-state index contributed by atoms with van der Waals surface area (Å²) in [5.74, 6) is -0.431. The lowest BCUT2D eigenvalue weighted by molar-refractivity contribution is -0.133. The summed E-state index contributed by atoms with van der Waals surface area (Å²) >= 11 is 0. The molecular formula is C13H14N2O4. The molecule has 1 atom stereocenters. The summed E-state index contributed by atoms with van der Waals surface area (Å²) in [6, 6.07) is 6.14. The summed E-state index contributed by atoms with van der Waals surface area (Å²) in [5, 5.41) is 13.8. The van der Waals surface area contributed by atoms with Crippen molar-refractivity contribution in [3.8, 4) is 5.75 Å². The summed E-state index contributed by atoms with van der Waals surface area (Å²) in [6.07, 6.45) is 1.46. The molecule has 6 heteroatoms. The van der Waals surface area contributed by atoms with Crippen molar-refractivity contribution in [2.24, 2.45) is 0 Å². The molecule has 1 aromatic carbocycles. The third kappa shape index (κ3) is 3.04. The number of nitrogens with one attached hydrogen (secondary N) is 2. The zero-order valence-corrected chi connectivity index (χ0v) is 10.3. The number of amides is 2. The standard InChI is InChI=1S/C13H14N2O4/c1-2-19-9-5-3-8(4-6-9)10-7-11(12(16)17)15-13(18)14-10/h3-7,10H,2H2,1H3,(H,16,17)(H2,14,15,18)/t10-/m0/s1. The van der Waals surface area contributed by atoms with Crippen LogP contribution in [0.2, 0.25) is 0 Å². The van der Waals surface area contributed by atoms with Crippen LogP contribution >= 0.6 is 0 Å². The topological polar surface area (TPSA) is 87.7 Å². The van der Waals surface area contributed by atoms with Gasteiger partial charge in [0.05, 0.1) is 12.6 Å². The predicted molar refractivity (Wildman–Crippen MR) is 67.7 cm³/mol. The van der Waals surface area contributed by atoms with E-state index < -0.39 is 18.0 Å². The van der Waals surface area contributed by atoms with Crippen molar-refractivity contribution in [2.75, 3.05) is 6.61 Å². The van der Waals surface area contributed by atoms with Gasteiger partial charge in [-0.25, -0.2) is 9.59 Å². The Morgan fingerprint density at radius 3 is 2.63 bits per heavy atom. The van der Waals surface area contributed by atoms with E-state index in [1.165, 1.54) is 6.08 Å². The number of carbonyl (C=O) groups is 2. The van der Waals surface area contributed by atoms with E-state index in [0.717, 1.165) is 11.3 Å². The zero-order valence-electron chi connectivity index (χ0n) is 10.3. The lowest BCUT2D eigenvalue weighted by atomic mass is 10.0. The molecule has 0 aromatic heterocycles. The molecule has 19 heavy (non-hydrogen) atoms. The van der Waals surface area contributed by atoms with Crippen molar-refractivity contribution in [2.45, 2.75) is 13.0 Å². The molecule has 1 aliphatic rings. The maximum Gasteiger partial charge on any atom is 0.352 e. The van der Waals surface area contributed by atoms with Gasteiger partial charge in [0.1, 0.15) is 11.4 Å². The molecule has 0 bridgehead atoms. The number of hydrogen-bond acceptors (Lipinski definition) is 3. The molecule has 1 aliphatic heterocycles. The molecule has 1 heterocycles. The molecule has 0 fully saturated rings. The van der Waals surface area contributed by atoms with E-state index in [-0.39, 0.29) is 5.70 Å². The van der Waals surface area contributed by atoms with Crippen LogP contribution < -0.4 is 15.4 Å². The first-order valence-corrected chi connectivity index (χ1v) is 5.85. The highest BCUT2D eigenvalue weighted by Crippen LogP contribution is 2.21. The second kappa shape index (κ2) is 5.43. The Morgan fingerprint density at radius 1 is 1.37 bits per heavy atom. The number of carboxylic acids is 1. The van der Waals surface area contributed by atoms with Gasteiger partial charge in [-0.3, -0.25) is 0 Å². The molecule has 0 radical (unpaired) electrons. The largest absolute Gasteiger partial charge is 0.494 e.